The summed E-state index contributed by atoms with van der Waals surface area (Å²) in [5, 5.41) is 5.78. The minimum absolute atomic E-state index is 0.908. The zero-order chi connectivity index (χ0) is 33.6. The van der Waals surface area contributed by atoms with Crippen LogP contribution in [-0.2, 0) is 0 Å². The fraction of sp³-hybridized carbons (Fsp3) is 0.0213. The molecule has 0 saturated carbocycles. The summed E-state index contributed by atoms with van der Waals surface area (Å²) in [6, 6.07) is 50.1. The predicted molar refractivity (Wildman–Crippen MR) is 216 cm³/mol. The monoisotopic (exact) mass is 656 g/mol. The third kappa shape index (κ3) is 5.03. The number of aromatic nitrogens is 2. The van der Waals surface area contributed by atoms with Crippen molar-refractivity contribution < 1.29 is 0 Å². The van der Waals surface area contributed by atoms with Gasteiger partial charge < -0.3 is 0 Å². The molecule has 236 valence electrons. The number of nitrogens with zero attached hydrogens (tertiary/aromatic N) is 2. The molecule has 9 aromatic rings. The van der Waals surface area contributed by atoms with Crippen LogP contribution in [0.25, 0.3) is 87.7 Å². The van der Waals surface area contributed by atoms with Crippen molar-refractivity contribution in [2.75, 3.05) is 0 Å². The SMILES string of the molecule is C=C(c1cccc(-c2cc3c(cc2-c2ccccc2)c2cc(-c4ccccc4)ccc2c2nccnc32)c1)c1sc2ccccc2c1/C=C\C. The van der Waals surface area contributed by atoms with E-state index < -0.39 is 0 Å². The summed E-state index contributed by atoms with van der Waals surface area (Å²) in [7, 11) is 0. The molecule has 0 bridgehead atoms. The van der Waals surface area contributed by atoms with Crippen LogP contribution in [0.15, 0.2) is 165 Å². The van der Waals surface area contributed by atoms with Gasteiger partial charge >= 0.3 is 0 Å². The van der Waals surface area contributed by atoms with Gasteiger partial charge in [-0.15, -0.1) is 11.3 Å². The first kappa shape index (κ1) is 29.9. The highest BCUT2D eigenvalue weighted by Crippen LogP contribution is 2.44. The van der Waals surface area contributed by atoms with Crippen LogP contribution >= 0.6 is 11.3 Å². The average Bonchev–Trinajstić information content (AvgIpc) is 3.56. The standard InChI is InChI=1S/C47H32N2S/c1-3-13-38-36-20-10-11-21-44(36)50-47(38)30(2)33-18-12-19-35(26-33)40-29-43-42(28-39(40)32-16-8-5-9-17-32)41-27-34(31-14-6-4-7-15-31)22-23-37(41)45-46(43)49-25-24-48-45/h3-29H,2H2,1H3/b13-3-. The van der Waals surface area contributed by atoms with Crippen molar-refractivity contribution in [1.29, 1.82) is 0 Å². The van der Waals surface area contributed by atoms with Gasteiger partial charge in [0.15, 0.2) is 0 Å². The minimum atomic E-state index is 0.908. The van der Waals surface area contributed by atoms with Crippen LogP contribution in [0.3, 0.4) is 0 Å². The van der Waals surface area contributed by atoms with Crippen molar-refractivity contribution in [3.63, 3.8) is 0 Å². The van der Waals surface area contributed by atoms with Crippen LogP contribution in [0, 0.1) is 0 Å². The van der Waals surface area contributed by atoms with Gasteiger partial charge in [-0.1, -0.05) is 128 Å². The van der Waals surface area contributed by atoms with E-state index in [0.29, 0.717) is 0 Å². The Balaban J connectivity index is 1.30. The van der Waals surface area contributed by atoms with E-state index in [2.05, 4.69) is 165 Å². The Labute approximate surface area is 295 Å². The van der Waals surface area contributed by atoms with Crippen molar-refractivity contribution in [1.82, 2.24) is 9.97 Å². The lowest BCUT2D eigenvalue weighted by Gasteiger charge is -2.17. The summed E-state index contributed by atoms with van der Waals surface area (Å²) in [5.74, 6) is 0. The Morgan fingerprint density at radius 1 is 0.540 bits per heavy atom. The smallest absolute Gasteiger partial charge is 0.0971 e. The van der Waals surface area contributed by atoms with E-state index in [4.69, 9.17) is 9.97 Å². The summed E-state index contributed by atoms with van der Waals surface area (Å²) < 4.78 is 1.27. The van der Waals surface area contributed by atoms with Gasteiger partial charge in [0.25, 0.3) is 0 Å². The third-order valence-electron chi connectivity index (χ3n) is 9.63. The Morgan fingerprint density at radius 2 is 1.18 bits per heavy atom. The summed E-state index contributed by atoms with van der Waals surface area (Å²) in [6.07, 6.45) is 7.92. The van der Waals surface area contributed by atoms with E-state index in [1.165, 1.54) is 48.2 Å². The Kier molecular flexibility index (Phi) is 7.41. The highest BCUT2D eigenvalue weighted by Gasteiger charge is 2.19. The Hall–Kier alpha value is -6.16. The summed E-state index contributed by atoms with van der Waals surface area (Å²) in [6.45, 7) is 6.74. The highest BCUT2D eigenvalue weighted by atomic mass is 32.1. The molecular weight excluding hydrogens is 625 g/mol. The molecule has 0 saturated heterocycles. The number of thiophene rings is 1. The predicted octanol–water partition coefficient (Wildman–Crippen LogP) is 13.2. The maximum atomic E-state index is 4.93. The molecule has 9 rings (SSSR count). The molecule has 0 amide bonds. The number of allylic oxidation sites excluding steroid dienone is 1. The van der Waals surface area contributed by atoms with Crippen LogP contribution in [-0.4, -0.2) is 9.97 Å². The van der Waals surface area contributed by atoms with E-state index in [-0.39, 0.29) is 0 Å². The molecule has 0 aliphatic rings. The molecule has 0 radical (unpaired) electrons. The second-order valence-electron chi connectivity index (χ2n) is 12.6. The van der Waals surface area contributed by atoms with Gasteiger partial charge in [0.05, 0.1) is 11.0 Å². The van der Waals surface area contributed by atoms with Crippen LogP contribution in [0.4, 0.5) is 0 Å². The lowest BCUT2D eigenvalue weighted by atomic mass is 9.87. The number of hydrogen-bond donors (Lipinski definition) is 0. The first-order valence-corrected chi connectivity index (χ1v) is 17.7. The molecule has 2 nitrogen and oxygen atoms in total. The second kappa shape index (κ2) is 12.4. The van der Waals surface area contributed by atoms with Gasteiger partial charge in [0.2, 0.25) is 0 Å². The van der Waals surface area contributed by atoms with Crippen LogP contribution in [0.5, 0.6) is 0 Å². The fourth-order valence-corrected chi connectivity index (χ4v) is 8.44. The molecular formula is C47H32N2S. The Bertz CT molecular complexity index is 2770. The molecule has 0 unspecified atom stereocenters. The van der Waals surface area contributed by atoms with Crippen LogP contribution in [0.1, 0.15) is 22.9 Å². The average molecular weight is 657 g/mol. The largest absolute Gasteiger partial charge is 0.252 e. The molecule has 3 heteroatoms. The van der Waals surface area contributed by atoms with Crippen molar-refractivity contribution >= 4 is 65.7 Å². The van der Waals surface area contributed by atoms with Crippen molar-refractivity contribution in [2.24, 2.45) is 0 Å². The maximum Gasteiger partial charge on any atom is 0.0971 e. The van der Waals surface area contributed by atoms with Crippen LogP contribution < -0.4 is 0 Å². The first-order chi connectivity index (χ1) is 24.7. The second-order valence-corrected chi connectivity index (χ2v) is 13.6. The topological polar surface area (TPSA) is 25.8 Å². The van der Waals surface area contributed by atoms with Gasteiger partial charge in [-0.3, -0.25) is 9.97 Å². The first-order valence-electron chi connectivity index (χ1n) is 16.9. The molecule has 2 aromatic heterocycles. The van der Waals surface area contributed by atoms with Crippen molar-refractivity contribution in [3.05, 3.63) is 181 Å². The molecule has 0 fully saturated rings. The van der Waals surface area contributed by atoms with E-state index in [1.54, 1.807) is 23.7 Å². The van der Waals surface area contributed by atoms with E-state index in [1.807, 2.05) is 0 Å². The van der Waals surface area contributed by atoms with Gasteiger partial charge in [-0.2, -0.15) is 0 Å². The number of fused-ring (bicyclic) bond motifs is 7. The third-order valence-corrected chi connectivity index (χ3v) is 10.9. The van der Waals surface area contributed by atoms with Gasteiger partial charge in [-0.05, 0) is 92.5 Å². The Morgan fingerprint density at radius 3 is 1.96 bits per heavy atom. The van der Waals surface area contributed by atoms with Crippen LogP contribution in [0.2, 0.25) is 0 Å². The molecule has 2 heterocycles. The normalized spacial score (nSPS) is 11.7. The minimum Gasteiger partial charge on any atom is -0.252 e. The summed E-state index contributed by atoms with van der Waals surface area (Å²) >= 11 is 1.81. The highest BCUT2D eigenvalue weighted by molar-refractivity contribution is 7.20. The molecule has 0 N–H and O–H groups in total. The molecule has 0 aliphatic heterocycles. The van der Waals surface area contributed by atoms with E-state index in [0.717, 1.165) is 49.5 Å². The lowest BCUT2D eigenvalue weighted by Crippen LogP contribution is -1.93. The summed E-state index contributed by atoms with van der Waals surface area (Å²) in [4.78, 5) is 11.0. The number of hydrogen-bond acceptors (Lipinski definition) is 3. The zero-order valence-electron chi connectivity index (χ0n) is 27.6. The number of rotatable bonds is 6. The molecule has 7 aromatic carbocycles. The maximum absolute atomic E-state index is 4.93. The van der Waals surface area contributed by atoms with Crippen molar-refractivity contribution in [3.8, 4) is 33.4 Å². The molecule has 50 heavy (non-hydrogen) atoms. The quantitative estimate of drug-likeness (QED) is 0.166. The van der Waals surface area contributed by atoms with Crippen molar-refractivity contribution in [2.45, 2.75) is 6.92 Å². The fourth-order valence-electron chi connectivity index (χ4n) is 7.26. The lowest BCUT2D eigenvalue weighted by molar-refractivity contribution is 1.31. The van der Waals surface area contributed by atoms with Gasteiger partial charge in [0.1, 0.15) is 0 Å². The zero-order valence-corrected chi connectivity index (χ0v) is 28.4. The van der Waals surface area contributed by atoms with Gasteiger partial charge in [0, 0.05) is 43.7 Å². The van der Waals surface area contributed by atoms with E-state index in [9.17, 15) is 0 Å². The summed E-state index contributed by atoms with van der Waals surface area (Å²) in [5.41, 5.74) is 12.2. The molecule has 0 aliphatic carbocycles. The van der Waals surface area contributed by atoms with E-state index >= 15 is 0 Å². The molecule has 0 atom stereocenters. The number of benzene rings is 7. The molecule has 0 spiro atoms. The van der Waals surface area contributed by atoms with Gasteiger partial charge in [-0.25, -0.2) is 0 Å².